The molecule has 2 rings (SSSR count). The summed E-state index contributed by atoms with van der Waals surface area (Å²) in [4.78, 5) is 132. The highest BCUT2D eigenvalue weighted by Crippen LogP contribution is 2.20. The van der Waals surface area contributed by atoms with Crippen LogP contribution < -0.4 is 54.4 Å². The maximum atomic E-state index is 14.6. The number of carbonyl (C=O) groups excluding carboxylic acids is 9. The number of rotatable bonds is 36. The van der Waals surface area contributed by atoms with E-state index in [4.69, 9.17) is 17.2 Å². The van der Waals surface area contributed by atoms with Crippen molar-refractivity contribution in [2.75, 3.05) is 39.3 Å². The van der Waals surface area contributed by atoms with E-state index in [1.54, 1.807) is 0 Å². The second-order valence-corrected chi connectivity index (χ2v) is 23.2. The number of amides is 9. The van der Waals surface area contributed by atoms with E-state index in [2.05, 4.69) is 42.2 Å². The predicted molar refractivity (Wildman–Crippen MR) is 307 cm³/mol. The van der Waals surface area contributed by atoms with Crippen LogP contribution in [0.4, 0.5) is 0 Å². The van der Waals surface area contributed by atoms with Crippen LogP contribution in [0.15, 0.2) is 35.3 Å². The van der Waals surface area contributed by atoms with Gasteiger partial charge < -0.3 is 64.2 Å². The Kier molecular flexibility index (Phi) is 31.4. The van der Waals surface area contributed by atoms with Crippen molar-refractivity contribution < 1.29 is 43.2 Å². The molecule has 0 bridgehead atoms. The van der Waals surface area contributed by atoms with Gasteiger partial charge in [-0.2, -0.15) is 0 Å². The second kappa shape index (κ2) is 36.0. The molecule has 1 aliphatic heterocycles. The van der Waals surface area contributed by atoms with E-state index in [-0.39, 0.29) is 99.0 Å². The molecule has 9 amide bonds. The second-order valence-electron chi connectivity index (χ2n) is 23.2. The van der Waals surface area contributed by atoms with Crippen LogP contribution in [0.25, 0.3) is 0 Å². The van der Waals surface area contributed by atoms with Crippen LogP contribution in [0.1, 0.15) is 152 Å². The van der Waals surface area contributed by atoms with Gasteiger partial charge in [0, 0.05) is 33.1 Å². The number of nitrogens with one attached hydrogen (secondary N) is 7. The summed E-state index contributed by atoms with van der Waals surface area (Å²) in [6, 6.07) is 1.99. The van der Waals surface area contributed by atoms with E-state index < -0.39 is 90.2 Å². The van der Waals surface area contributed by atoms with Crippen molar-refractivity contribution in [3.05, 3.63) is 35.9 Å². The van der Waals surface area contributed by atoms with E-state index in [9.17, 15) is 43.2 Å². The van der Waals surface area contributed by atoms with Crippen molar-refractivity contribution in [1.82, 2.24) is 47.0 Å². The molecule has 1 saturated heterocycles. The molecule has 0 saturated carbocycles. The molecule has 0 aliphatic carbocycles. The predicted octanol–water partition coefficient (Wildman–Crippen LogP) is 2.12. The normalized spacial score (nSPS) is 15.6. The van der Waals surface area contributed by atoms with Crippen LogP contribution in [-0.2, 0) is 49.6 Å². The Morgan fingerprint density at radius 3 is 1.59 bits per heavy atom. The molecule has 79 heavy (non-hydrogen) atoms. The minimum absolute atomic E-state index is 0.00956. The number of carbonyl (C=O) groups is 9. The summed E-state index contributed by atoms with van der Waals surface area (Å²) in [5.74, 6) is -4.91. The molecule has 1 aromatic carbocycles. The summed E-state index contributed by atoms with van der Waals surface area (Å²) in [5, 5.41) is 20.0. The average molecular weight is 1110 g/mol. The zero-order valence-electron chi connectivity index (χ0n) is 49.3. The number of likely N-dealkylation sites (tertiary alicyclic amines) is 1. The zero-order valence-corrected chi connectivity index (χ0v) is 49.3. The first-order valence-electron chi connectivity index (χ1n) is 28.7. The molecule has 0 radical (unpaired) electrons. The van der Waals surface area contributed by atoms with Gasteiger partial charge >= 0.3 is 0 Å². The fourth-order valence-corrected chi connectivity index (χ4v) is 9.35. The minimum Gasteiger partial charge on any atom is -0.370 e. The molecule has 1 aliphatic rings. The maximum Gasteiger partial charge on any atom is 0.245 e. The highest BCUT2D eigenvalue weighted by atomic mass is 16.2. The molecule has 1 heterocycles. The van der Waals surface area contributed by atoms with Gasteiger partial charge in [-0.25, -0.2) is 0 Å². The lowest BCUT2D eigenvalue weighted by atomic mass is 9.98. The van der Waals surface area contributed by atoms with Crippen molar-refractivity contribution in [2.45, 2.75) is 196 Å². The molecule has 0 aromatic heterocycles. The Morgan fingerprint density at radius 2 is 1.10 bits per heavy atom. The van der Waals surface area contributed by atoms with E-state index in [1.165, 1.54) is 16.7 Å². The lowest BCUT2D eigenvalue weighted by molar-refractivity contribution is -0.142. The van der Waals surface area contributed by atoms with Crippen molar-refractivity contribution >= 4 is 59.1 Å². The Bertz CT molecular complexity index is 2130. The molecular formula is C57H99N13O9. The third-order valence-electron chi connectivity index (χ3n) is 13.3. The van der Waals surface area contributed by atoms with Crippen molar-refractivity contribution in [1.29, 1.82) is 0 Å². The summed E-state index contributed by atoms with van der Waals surface area (Å²) in [6.45, 7) is 21.6. The van der Waals surface area contributed by atoms with Gasteiger partial charge in [0.25, 0.3) is 0 Å². The van der Waals surface area contributed by atoms with Crippen molar-refractivity contribution in [2.24, 2.45) is 51.8 Å². The van der Waals surface area contributed by atoms with Gasteiger partial charge in [-0.3, -0.25) is 48.1 Å². The lowest BCUT2D eigenvalue weighted by Gasteiger charge is -2.31. The van der Waals surface area contributed by atoms with Crippen LogP contribution in [0, 0.1) is 29.6 Å². The molecule has 0 spiro atoms. The highest BCUT2D eigenvalue weighted by Gasteiger charge is 2.37. The van der Waals surface area contributed by atoms with E-state index in [0.717, 1.165) is 5.56 Å². The summed E-state index contributed by atoms with van der Waals surface area (Å²) in [7, 11) is 0. The number of benzene rings is 1. The third kappa shape index (κ3) is 26.9. The van der Waals surface area contributed by atoms with E-state index in [1.807, 2.05) is 99.6 Å². The SMILES string of the molecule is CC(=O)N1CCC[C@H]1C(=O)N[C@@H](CC(C)C)C(=O)N(CCCCN)CC(=O)N[C@@H](CCc1ccccc1)C(=O)N[C@@H](CCCN=C(N)N)C(=O)N[C@@H](CC(C)C)C(=O)N[C@@H](CC(C)C)C(=O)N[C@H](CC(C)C)C(=O)NCC(C)C. The summed E-state index contributed by atoms with van der Waals surface area (Å²) < 4.78 is 0. The molecular weight excluding hydrogens is 1010 g/mol. The number of aliphatic imine (C=N–C) groups is 1. The van der Waals surface area contributed by atoms with Crippen LogP contribution >= 0.6 is 0 Å². The number of aryl methyl sites for hydroxylation is 1. The van der Waals surface area contributed by atoms with Gasteiger partial charge in [-0.05, 0) is 119 Å². The molecule has 13 N–H and O–H groups in total. The Morgan fingerprint density at radius 1 is 0.608 bits per heavy atom. The molecule has 0 unspecified atom stereocenters. The fraction of sp³-hybridized carbons (Fsp3) is 0.719. The number of unbranched alkanes of at least 4 members (excludes halogenated alkanes) is 1. The summed E-state index contributed by atoms with van der Waals surface area (Å²) >= 11 is 0. The number of guanidine groups is 1. The molecule has 1 aromatic rings. The van der Waals surface area contributed by atoms with Crippen LogP contribution in [-0.4, -0.2) is 150 Å². The first-order chi connectivity index (χ1) is 37.2. The Hall–Kier alpha value is -6.32. The fourth-order valence-electron chi connectivity index (χ4n) is 9.35. The van der Waals surface area contributed by atoms with Crippen molar-refractivity contribution in [3.8, 4) is 0 Å². The van der Waals surface area contributed by atoms with E-state index >= 15 is 0 Å². The third-order valence-corrected chi connectivity index (χ3v) is 13.3. The number of hydrogen-bond donors (Lipinski definition) is 10. The Balaban J connectivity index is 2.52. The van der Waals surface area contributed by atoms with Crippen LogP contribution in [0.2, 0.25) is 0 Å². The quantitative estimate of drug-likeness (QED) is 0.0263. The van der Waals surface area contributed by atoms with Gasteiger partial charge in [0.1, 0.15) is 42.3 Å². The summed E-state index contributed by atoms with van der Waals surface area (Å²) in [5.41, 5.74) is 17.9. The minimum atomic E-state index is -1.27. The number of nitrogens with zero attached hydrogens (tertiary/aromatic N) is 3. The highest BCUT2D eigenvalue weighted by molar-refractivity contribution is 5.97. The van der Waals surface area contributed by atoms with Crippen molar-refractivity contribution in [3.63, 3.8) is 0 Å². The average Bonchev–Trinajstić information content (AvgIpc) is 3.87. The summed E-state index contributed by atoms with van der Waals surface area (Å²) in [6.07, 6.45) is 3.76. The first kappa shape index (κ1) is 68.8. The largest absolute Gasteiger partial charge is 0.370 e. The standard InChI is InChI=1S/C57H99N13O9/c1-35(2)29-44(50(73)62-33-39(9)10)65-53(76)46(31-37(5)6)67-54(77)45(30-36(3)4)66-51(74)42(21-17-26-61-57(59)60)64-52(75)43(24-23-41-19-13-12-14-20-41)63-49(72)34-69(27-16-15-25-58)56(79)47(32-38(7)8)68-55(78)48-22-18-28-70(48)40(11)71/h12-14,19-20,35-39,42-48H,15-18,21-34,58H2,1-11H3,(H,62,73)(H,63,72)(H,64,75)(H,65,76)(H,66,74)(H,67,77)(H,68,78)(H4,59,60,61)/t42-,43-,44+,45-,46-,47-,48-/m0/s1. The molecule has 446 valence electrons. The topological polar surface area (TPSA) is 335 Å². The molecule has 22 heteroatoms. The smallest absolute Gasteiger partial charge is 0.245 e. The van der Waals surface area contributed by atoms with Crippen LogP contribution in [0.5, 0.6) is 0 Å². The van der Waals surface area contributed by atoms with Crippen LogP contribution in [0.3, 0.4) is 0 Å². The van der Waals surface area contributed by atoms with Gasteiger partial charge in [-0.15, -0.1) is 0 Å². The molecule has 7 atom stereocenters. The maximum absolute atomic E-state index is 14.6. The van der Waals surface area contributed by atoms with Gasteiger partial charge in [0.15, 0.2) is 5.96 Å². The monoisotopic (exact) mass is 1110 g/mol. The molecule has 22 nitrogen and oxygen atoms in total. The lowest BCUT2D eigenvalue weighted by Crippen LogP contribution is -2.60. The van der Waals surface area contributed by atoms with Gasteiger partial charge in [-0.1, -0.05) is 99.6 Å². The number of hydrogen-bond acceptors (Lipinski definition) is 11. The van der Waals surface area contributed by atoms with Gasteiger partial charge in [0.05, 0.1) is 6.54 Å². The number of nitrogens with two attached hydrogens (primary N) is 3. The van der Waals surface area contributed by atoms with E-state index in [0.29, 0.717) is 58.2 Å². The van der Waals surface area contributed by atoms with Gasteiger partial charge in [0.2, 0.25) is 53.2 Å². The zero-order chi connectivity index (χ0) is 59.4. The molecule has 1 fully saturated rings. The Labute approximate surface area is 470 Å². The first-order valence-corrected chi connectivity index (χ1v) is 28.7.